The molecule has 2 amide bonds. The molecule has 2 N–H and O–H groups in total. The molecule has 0 aliphatic carbocycles. The van der Waals surface area contributed by atoms with E-state index < -0.39 is 0 Å². The normalized spacial score (nSPS) is 10.4. The Morgan fingerprint density at radius 3 is 2.76 bits per heavy atom. The van der Waals surface area contributed by atoms with Crippen molar-refractivity contribution in [2.24, 2.45) is 0 Å². The smallest absolute Gasteiger partial charge is 0.320 e. The zero-order valence-electron chi connectivity index (χ0n) is 12.0. The molecule has 0 unspecified atom stereocenters. The number of amides is 2. The van der Waals surface area contributed by atoms with Gasteiger partial charge in [-0.2, -0.15) is 5.10 Å². The maximum atomic E-state index is 12.8. The number of benzene rings is 1. The Morgan fingerprint density at radius 1 is 1.29 bits per heavy atom. The SMILES string of the molecule is CCCCNC(=O)Nc1ccn(Cc2ccc(F)cc2)n1. The van der Waals surface area contributed by atoms with E-state index in [4.69, 9.17) is 0 Å². The minimum Gasteiger partial charge on any atom is -0.338 e. The molecule has 21 heavy (non-hydrogen) atoms. The van der Waals surface area contributed by atoms with Gasteiger partial charge in [-0.05, 0) is 24.1 Å². The van der Waals surface area contributed by atoms with Gasteiger partial charge in [0.05, 0.1) is 6.54 Å². The van der Waals surface area contributed by atoms with Crippen molar-refractivity contribution in [3.05, 3.63) is 47.9 Å². The Kier molecular flexibility index (Phi) is 5.31. The third kappa shape index (κ3) is 4.91. The topological polar surface area (TPSA) is 59.0 Å². The molecular formula is C15H19FN4O. The molecule has 2 aromatic rings. The van der Waals surface area contributed by atoms with Crippen LogP contribution in [0.2, 0.25) is 0 Å². The summed E-state index contributed by atoms with van der Waals surface area (Å²) in [6, 6.07) is 7.72. The summed E-state index contributed by atoms with van der Waals surface area (Å²) in [5, 5.41) is 9.68. The summed E-state index contributed by atoms with van der Waals surface area (Å²) in [6.45, 7) is 3.24. The molecule has 0 spiro atoms. The molecular weight excluding hydrogens is 271 g/mol. The molecule has 6 heteroatoms. The number of carbonyl (C=O) groups is 1. The first kappa shape index (κ1) is 15.0. The highest BCUT2D eigenvalue weighted by atomic mass is 19.1. The highest BCUT2D eigenvalue weighted by Gasteiger charge is 2.04. The molecule has 5 nitrogen and oxygen atoms in total. The van der Waals surface area contributed by atoms with Gasteiger partial charge in [-0.1, -0.05) is 25.5 Å². The third-order valence-corrected chi connectivity index (χ3v) is 2.96. The van der Waals surface area contributed by atoms with Crippen molar-refractivity contribution >= 4 is 11.8 Å². The van der Waals surface area contributed by atoms with E-state index in [0.29, 0.717) is 18.9 Å². The first-order chi connectivity index (χ1) is 10.2. The van der Waals surface area contributed by atoms with Crippen molar-refractivity contribution in [3.63, 3.8) is 0 Å². The van der Waals surface area contributed by atoms with Crippen molar-refractivity contribution < 1.29 is 9.18 Å². The summed E-state index contributed by atoms with van der Waals surface area (Å²) in [5.41, 5.74) is 0.943. The molecule has 0 aliphatic heterocycles. The van der Waals surface area contributed by atoms with Gasteiger partial charge in [0.2, 0.25) is 0 Å². The van der Waals surface area contributed by atoms with Gasteiger partial charge in [-0.3, -0.25) is 10.00 Å². The van der Waals surface area contributed by atoms with Crippen LogP contribution in [0.3, 0.4) is 0 Å². The predicted molar refractivity (Wildman–Crippen MR) is 79.7 cm³/mol. The molecule has 112 valence electrons. The number of urea groups is 1. The number of nitrogens with one attached hydrogen (secondary N) is 2. The number of anilines is 1. The van der Waals surface area contributed by atoms with Crippen molar-refractivity contribution in [1.82, 2.24) is 15.1 Å². The maximum Gasteiger partial charge on any atom is 0.320 e. The quantitative estimate of drug-likeness (QED) is 0.803. The molecule has 1 aromatic carbocycles. The van der Waals surface area contributed by atoms with Crippen LogP contribution in [0.4, 0.5) is 15.0 Å². The number of unbranched alkanes of at least 4 members (excludes halogenated alkanes) is 1. The van der Waals surface area contributed by atoms with Crippen LogP contribution in [-0.4, -0.2) is 22.4 Å². The van der Waals surface area contributed by atoms with Crippen LogP contribution in [0.1, 0.15) is 25.3 Å². The zero-order chi connectivity index (χ0) is 15.1. The van der Waals surface area contributed by atoms with Crippen LogP contribution >= 0.6 is 0 Å². The Labute approximate surface area is 123 Å². The molecule has 0 saturated heterocycles. The van der Waals surface area contributed by atoms with Crippen LogP contribution in [0.15, 0.2) is 36.5 Å². The number of nitrogens with zero attached hydrogens (tertiary/aromatic N) is 2. The highest BCUT2D eigenvalue weighted by Crippen LogP contribution is 2.07. The van der Waals surface area contributed by atoms with E-state index in [1.165, 1.54) is 12.1 Å². The van der Waals surface area contributed by atoms with Gasteiger partial charge in [-0.25, -0.2) is 9.18 Å². The number of carbonyl (C=O) groups excluding carboxylic acids is 1. The Balaban J connectivity index is 1.86. The number of hydrogen-bond acceptors (Lipinski definition) is 2. The van der Waals surface area contributed by atoms with Crippen LogP contribution < -0.4 is 10.6 Å². The largest absolute Gasteiger partial charge is 0.338 e. The van der Waals surface area contributed by atoms with E-state index in [1.54, 1.807) is 29.1 Å². The second kappa shape index (κ2) is 7.42. The van der Waals surface area contributed by atoms with Gasteiger partial charge in [0.25, 0.3) is 0 Å². The number of hydrogen-bond donors (Lipinski definition) is 2. The molecule has 1 heterocycles. The summed E-state index contributed by atoms with van der Waals surface area (Å²) in [5.74, 6) is 0.233. The summed E-state index contributed by atoms with van der Waals surface area (Å²) < 4.78 is 14.5. The van der Waals surface area contributed by atoms with E-state index in [2.05, 4.69) is 22.7 Å². The second-order valence-electron chi connectivity index (χ2n) is 4.76. The lowest BCUT2D eigenvalue weighted by molar-refractivity contribution is 0.252. The third-order valence-electron chi connectivity index (χ3n) is 2.96. The van der Waals surface area contributed by atoms with Gasteiger partial charge >= 0.3 is 6.03 Å². The lowest BCUT2D eigenvalue weighted by atomic mass is 10.2. The van der Waals surface area contributed by atoms with Crippen LogP contribution in [0, 0.1) is 5.82 Å². The fourth-order valence-corrected chi connectivity index (χ4v) is 1.83. The fraction of sp³-hybridized carbons (Fsp3) is 0.333. The molecule has 0 fully saturated rings. The van der Waals surface area contributed by atoms with Crippen molar-refractivity contribution in [2.45, 2.75) is 26.3 Å². The van der Waals surface area contributed by atoms with E-state index in [0.717, 1.165) is 18.4 Å². The first-order valence-electron chi connectivity index (χ1n) is 7.00. The first-order valence-corrected chi connectivity index (χ1v) is 7.00. The van der Waals surface area contributed by atoms with Crippen LogP contribution in [0.5, 0.6) is 0 Å². The summed E-state index contributed by atoms with van der Waals surface area (Å²) in [6.07, 6.45) is 3.75. The number of aromatic nitrogens is 2. The van der Waals surface area contributed by atoms with Crippen molar-refractivity contribution in [2.75, 3.05) is 11.9 Å². The highest BCUT2D eigenvalue weighted by molar-refractivity contribution is 5.88. The average Bonchev–Trinajstić information content (AvgIpc) is 2.89. The predicted octanol–water partition coefficient (Wildman–Crippen LogP) is 2.99. The molecule has 0 aliphatic rings. The lowest BCUT2D eigenvalue weighted by Crippen LogP contribution is -2.29. The van der Waals surface area contributed by atoms with Gasteiger partial charge < -0.3 is 5.32 Å². The van der Waals surface area contributed by atoms with E-state index in [9.17, 15) is 9.18 Å². The minimum absolute atomic E-state index is 0.254. The number of halogens is 1. The van der Waals surface area contributed by atoms with E-state index in [1.807, 2.05) is 0 Å². The van der Waals surface area contributed by atoms with Crippen LogP contribution in [0.25, 0.3) is 0 Å². The van der Waals surface area contributed by atoms with Crippen molar-refractivity contribution in [1.29, 1.82) is 0 Å². The van der Waals surface area contributed by atoms with E-state index in [-0.39, 0.29) is 11.8 Å². The second-order valence-corrected chi connectivity index (χ2v) is 4.76. The Bertz CT molecular complexity index is 580. The zero-order valence-corrected chi connectivity index (χ0v) is 12.0. The average molecular weight is 290 g/mol. The van der Waals surface area contributed by atoms with Gasteiger partial charge in [0, 0.05) is 18.8 Å². The molecule has 0 saturated carbocycles. The molecule has 1 aromatic heterocycles. The summed E-state index contributed by atoms with van der Waals surface area (Å²) >= 11 is 0. The van der Waals surface area contributed by atoms with Gasteiger partial charge in [-0.15, -0.1) is 0 Å². The Morgan fingerprint density at radius 2 is 2.05 bits per heavy atom. The Hall–Kier alpha value is -2.37. The molecule has 2 rings (SSSR count). The van der Waals surface area contributed by atoms with Gasteiger partial charge in [0.15, 0.2) is 5.82 Å². The monoisotopic (exact) mass is 290 g/mol. The molecule has 0 bridgehead atoms. The number of rotatable bonds is 6. The standard InChI is InChI=1S/C15H19FN4O/c1-2-3-9-17-15(21)18-14-8-10-20(19-14)11-12-4-6-13(16)7-5-12/h4-8,10H,2-3,9,11H2,1H3,(H2,17,18,19,21). The van der Waals surface area contributed by atoms with Gasteiger partial charge in [0.1, 0.15) is 5.82 Å². The maximum absolute atomic E-state index is 12.8. The summed E-state index contributed by atoms with van der Waals surface area (Å²) in [4.78, 5) is 11.6. The lowest BCUT2D eigenvalue weighted by Gasteiger charge is -2.04. The summed E-state index contributed by atoms with van der Waals surface area (Å²) in [7, 11) is 0. The minimum atomic E-state index is -0.259. The van der Waals surface area contributed by atoms with Crippen LogP contribution in [-0.2, 0) is 6.54 Å². The van der Waals surface area contributed by atoms with Crippen molar-refractivity contribution in [3.8, 4) is 0 Å². The molecule has 0 atom stereocenters. The molecule has 0 radical (unpaired) electrons. The van der Waals surface area contributed by atoms with E-state index >= 15 is 0 Å². The fourth-order valence-electron chi connectivity index (χ4n) is 1.83.